The van der Waals surface area contributed by atoms with Crippen LogP contribution in [0.15, 0.2) is 0 Å². The van der Waals surface area contributed by atoms with Crippen LogP contribution in [-0.4, -0.2) is 13.0 Å². The van der Waals surface area contributed by atoms with E-state index >= 15 is 0 Å². The van der Waals surface area contributed by atoms with Crippen molar-refractivity contribution in [1.29, 1.82) is 0 Å². The maximum Gasteiger partial charge on any atom is 0.614 e. The van der Waals surface area contributed by atoms with Gasteiger partial charge in [-0.15, -0.1) is 0 Å². The van der Waals surface area contributed by atoms with Crippen molar-refractivity contribution in [2.24, 2.45) is 0 Å². The van der Waals surface area contributed by atoms with Crippen LogP contribution in [0.2, 0.25) is 0 Å². The second-order valence-corrected chi connectivity index (χ2v) is 5.88. The van der Waals surface area contributed by atoms with E-state index in [4.69, 9.17) is 4.55 Å². The van der Waals surface area contributed by atoms with E-state index in [1.54, 1.807) is 0 Å². The van der Waals surface area contributed by atoms with Crippen molar-refractivity contribution in [1.82, 2.24) is 0 Å². The monoisotopic (exact) mass is 163 g/mol. The molecule has 0 aromatic heterocycles. The lowest BCUT2D eigenvalue weighted by atomic mass is 15.9. The molecule has 0 aromatic rings. The van der Waals surface area contributed by atoms with Gasteiger partial charge in [0.2, 0.25) is 11.2 Å². The number of hydrogen-bond donors (Lipinski definition) is 1. The van der Waals surface area contributed by atoms with E-state index in [0.717, 1.165) is 0 Å². The van der Waals surface area contributed by atoms with Crippen molar-refractivity contribution in [3.63, 3.8) is 0 Å². The fourth-order valence-electron chi connectivity index (χ4n) is 0. The first-order valence-corrected chi connectivity index (χ1v) is 5.26. The van der Waals surface area contributed by atoms with Gasteiger partial charge in [-0.3, -0.25) is 0 Å². The predicted molar refractivity (Wildman–Crippen MR) is 25.0 cm³/mol. The Morgan fingerprint density at radius 2 is 1.71 bits per heavy atom. The summed E-state index contributed by atoms with van der Waals surface area (Å²) in [5.41, 5.74) is 0. The minimum atomic E-state index is -4.47. The summed E-state index contributed by atoms with van der Waals surface area (Å²) in [5, 5.41) is 0. The topological polar surface area (TPSA) is 71.4 Å². The Labute approximate surface area is 45.6 Å². The van der Waals surface area contributed by atoms with Crippen molar-refractivity contribution in [2.75, 3.05) is 0 Å². The molecule has 42 valence electrons. The molecule has 1 atom stereocenters. The van der Waals surface area contributed by atoms with Crippen LogP contribution in [0.1, 0.15) is 0 Å². The van der Waals surface area contributed by atoms with Crippen LogP contribution in [0, 0.1) is 0 Å². The normalized spacial score (nSPS) is 13.7. The van der Waals surface area contributed by atoms with Gasteiger partial charge in [-0.05, 0) is 4.57 Å². The molecule has 0 saturated carbocycles. The van der Waals surface area contributed by atoms with Gasteiger partial charge in [0.25, 0.3) is 0 Å². The summed E-state index contributed by atoms with van der Waals surface area (Å²) in [5.74, 6) is 0. The average Bonchev–Trinajstić information content (AvgIpc) is 1.31. The lowest BCUT2D eigenvalue weighted by Crippen LogP contribution is -1.82. The predicted octanol–water partition coefficient (Wildman–Crippen LogP) is 0.770. The molecule has 0 amide bonds. The molecular weight excluding hydrogens is 162 g/mol. The molecule has 0 aromatic carbocycles. The average molecular weight is 163 g/mol. The van der Waals surface area contributed by atoms with Gasteiger partial charge < -0.3 is 0 Å². The van der Waals surface area contributed by atoms with Crippen molar-refractivity contribution in [3.8, 4) is 0 Å². The summed E-state index contributed by atoms with van der Waals surface area (Å²) in [4.78, 5) is 0. The number of rotatable bonds is 1. The molecule has 0 spiro atoms. The Balaban J connectivity index is 4.43. The molecule has 0 rings (SSSR count). The van der Waals surface area contributed by atoms with Crippen molar-refractivity contribution >= 4 is 27.3 Å². The van der Waals surface area contributed by atoms with Gasteiger partial charge in [0.15, 0.2) is 0 Å². The molecule has 1 N–H and O–H groups in total. The zero-order valence-electron chi connectivity index (χ0n) is 2.91. The van der Waals surface area contributed by atoms with Crippen LogP contribution < -0.4 is 0 Å². The standard InChI is InChI=1S/ClO4PS/c1-6(2)7(3,4)5/p+1. The van der Waals surface area contributed by atoms with Crippen molar-refractivity contribution in [3.05, 3.63) is 0 Å². The highest BCUT2D eigenvalue weighted by Gasteiger charge is 2.31. The van der Waals surface area contributed by atoms with Gasteiger partial charge in [0, 0.05) is 0 Å². The fourth-order valence-corrected chi connectivity index (χ4v) is 0. The van der Waals surface area contributed by atoms with Gasteiger partial charge in [-0.2, -0.15) is 8.42 Å². The van der Waals surface area contributed by atoms with Gasteiger partial charge in [0.1, 0.15) is 0 Å². The Morgan fingerprint density at radius 1 is 1.57 bits per heavy atom. The van der Waals surface area contributed by atoms with E-state index in [1.165, 1.54) is 0 Å². The van der Waals surface area contributed by atoms with Crippen LogP contribution in [0.3, 0.4) is 0 Å². The summed E-state index contributed by atoms with van der Waals surface area (Å²) < 4.78 is 36.1. The van der Waals surface area contributed by atoms with E-state index in [1.807, 2.05) is 0 Å². The van der Waals surface area contributed by atoms with Crippen molar-refractivity contribution in [2.45, 2.75) is 0 Å². The quantitative estimate of drug-likeness (QED) is 0.458. The third kappa shape index (κ3) is 2.93. The molecule has 0 fully saturated rings. The van der Waals surface area contributed by atoms with Gasteiger partial charge >= 0.3 is 16.1 Å². The molecule has 4 nitrogen and oxygen atoms in total. The highest BCUT2D eigenvalue weighted by atomic mass is 35.7. The largest absolute Gasteiger partial charge is 0.614 e. The number of halogens is 1. The lowest BCUT2D eigenvalue weighted by Gasteiger charge is -1.62. The summed E-state index contributed by atoms with van der Waals surface area (Å²) >= 11 is 4.43. The third-order valence-electron chi connectivity index (χ3n) is 0.181. The lowest BCUT2D eigenvalue weighted by molar-refractivity contribution is 0.497. The molecule has 0 aliphatic heterocycles. The van der Waals surface area contributed by atoms with Crippen LogP contribution in [0.5, 0.6) is 0 Å². The maximum atomic E-state index is 9.54. The Hall–Kier alpha value is 0.300. The highest BCUT2D eigenvalue weighted by molar-refractivity contribution is 8.50. The fraction of sp³-hybridized carbons (Fsp3) is 0. The Kier molecular flexibility index (Phi) is 2.13. The smallest absolute Gasteiger partial charge is 0.247 e. The van der Waals surface area contributed by atoms with E-state index in [9.17, 15) is 13.0 Å². The highest BCUT2D eigenvalue weighted by Crippen LogP contribution is 2.32. The summed E-state index contributed by atoms with van der Waals surface area (Å²) in [6, 6.07) is 0. The van der Waals surface area contributed by atoms with Gasteiger partial charge in [0.05, 0.1) is 0 Å². The summed E-state index contributed by atoms with van der Waals surface area (Å²) in [7, 11) is -4.47. The first-order valence-electron chi connectivity index (χ1n) is 1.05. The van der Waals surface area contributed by atoms with E-state index in [-0.39, 0.29) is 0 Å². The summed E-state index contributed by atoms with van der Waals surface area (Å²) in [6.45, 7) is 0. The second kappa shape index (κ2) is 2.05. The maximum absolute atomic E-state index is 9.54. The molecule has 0 radical (unpaired) electrons. The Bertz CT molecular complexity index is 166. The Morgan fingerprint density at radius 3 is 1.71 bits per heavy atom. The molecule has 1 unspecified atom stereocenters. The van der Waals surface area contributed by atoms with Gasteiger partial charge in [-0.25, -0.2) is 4.55 Å². The SMILES string of the molecule is O=[P+](Cl)S(=O)(=O)O. The zero-order valence-corrected chi connectivity index (χ0v) is 5.37. The minimum Gasteiger partial charge on any atom is -0.247 e. The van der Waals surface area contributed by atoms with E-state index < -0.39 is 16.1 Å². The van der Waals surface area contributed by atoms with Crippen molar-refractivity contribution < 1.29 is 17.5 Å². The van der Waals surface area contributed by atoms with Crippen LogP contribution in [0.25, 0.3) is 0 Å². The molecule has 0 saturated heterocycles. The first kappa shape index (κ1) is 7.30. The van der Waals surface area contributed by atoms with Crippen LogP contribution in [-0.2, 0) is 14.3 Å². The molecule has 7 heavy (non-hydrogen) atoms. The van der Waals surface area contributed by atoms with E-state index in [2.05, 4.69) is 11.2 Å². The molecule has 0 aliphatic carbocycles. The second-order valence-electron chi connectivity index (χ2n) is 0.660. The molecule has 0 bridgehead atoms. The van der Waals surface area contributed by atoms with Gasteiger partial charge in [-0.1, -0.05) is 0 Å². The zero-order chi connectivity index (χ0) is 6.08. The van der Waals surface area contributed by atoms with E-state index in [0.29, 0.717) is 0 Å². The number of hydrogen-bond acceptors (Lipinski definition) is 3. The first-order chi connectivity index (χ1) is 2.94. The summed E-state index contributed by atoms with van der Waals surface area (Å²) in [6.07, 6.45) is -2.99. The third-order valence-corrected chi connectivity index (χ3v) is 3.20. The minimum absolute atomic E-state index is 2.99. The van der Waals surface area contributed by atoms with Crippen LogP contribution >= 0.6 is 17.6 Å². The van der Waals surface area contributed by atoms with Crippen LogP contribution in [0.4, 0.5) is 0 Å². The molecule has 0 heterocycles. The molecular formula is HClO4PS+. The molecule has 7 heteroatoms. The molecule has 0 aliphatic rings.